The number of aliphatic hydroxyl groups is 1. The first-order chi connectivity index (χ1) is 18.6. The second-order valence-corrected chi connectivity index (χ2v) is 27.1. The monoisotopic (exact) mass is 620 g/mol. The van der Waals surface area contributed by atoms with Crippen molar-refractivity contribution in [3.8, 4) is 0 Å². The van der Waals surface area contributed by atoms with Crippen LogP contribution in [-0.2, 0) is 13.6 Å². The minimum atomic E-state index is -2.00. The molecule has 0 heterocycles. The summed E-state index contributed by atoms with van der Waals surface area (Å²) >= 11 is 1.37. The average Bonchev–Trinajstić information content (AvgIpc) is 3.06. The summed E-state index contributed by atoms with van der Waals surface area (Å²) in [6.07, 6.45) is 10.3. The molecule has 3 saturated carbocycles. The maximum atomic E-state index is 11.7. The summed E-state index contributed by atoms with van der Waals surface area (Å²) < 4.78 is 14.0. The van der Waals surface area contributed by atoms with E-state index in [0.29, 0.717) is 11.7 Å². The van der Waals surface area contributed by atoms with Gasteiger partial charge in [-0.15, -0.1) is 0 Å². The minimum Gasteiger partial charge on any atom is -0.413 e. The Morgan fingerprint density at radius 2 is 1.63 bits per heavy atom. The molecule has 3 aliphatic rings. The van der Waals surface area contributed by atoms with Crippen LogP contribution in [0.3, 0.4) is 0 Å². The smallest absolute Gasteiger partial charge is 0.192 e. The Morgan fingerprint density at radius 3 is 2.20 bits per heavy atom. The molecule has 0 spiro atoms. The summed E-state index contributed by atoms with van der Waals surface area (Å²) in [6.45, 7) is 31.8. The molecule has 3 aliphatic carbocycles. The normalized spacial score (nSPS) is 33.9. The molecule has 6 atom stereocenters. The number of hydrogen-bond donors (Lipinski definition) is 1. The lowest BCUT2D eigenvalue weighted by atomic mass is 9.64. The van der Waals surface area contributed by atoms with Gasteiger partial charge in [0.15, 0.2) is 21.8 Å². The van der Waals surface area contributed by atoms with Crippen LogP contribution in [0.15, 0.2) is 35.5 Å². The molecule has 0 radical (unpaired) electrons. The molecule has 0 saturated heterocycles. The molecule has 0 aromatic rings. The summed E-state index contributed by atoms with van der Waals surface area (Å²) in [5.74, 6) is 1.23. The van der Waals surface area contributed by atoms with Crippen molar-refractivity contribution >= 4 is 33.5 Å². The third-order valence-corrected chi connectivity index (χ3v) is 21.4. The Labute approximate surface area is 258 Å². The summed E-state index contributed by atoms with van der Waals surface area (Å²) in [5, 5.41) is 11.5. The van der Waals surface area contributed by atoms with Crippen molar-refractivity contribution in [1.82, 2.24) is 0 Å². The molecule has 0 unspecified atom stereocenters. The fourth-order valence-electron chi connectivity index (χ4n) is 6.63. The molecular weight excluding hydrogens is 561 g/mol. The number of carbonyl (C=O) groups is 1. The molecule has 0 aromatic carbocycles. The Hall–Kier alpha value is -0.446. The second-order valence-electron chi connectivity index (χ2n) is 16.4. The average molecular weight is 621 g/mol. The molecule has 3 rings (SSSR count). The van der Waals surface area contributed by atoms with E-state index in [4.69, 9.17) is 8.85 Å². The van der Waals surface area contributed by atoms with Crippen molar-refractivity contribution in [2.45, 2.75) is 148 Å². The molecule has 0 bridgehead atoms. The highest BCUT2D eigenvalue weighted by molar-refractivity contribution is 8.13. The van der Waals surface area contributed by atoms with E-state index in [1.54, 1.807) is 6.92 Å². The molecule has 1 N–H and O–H groups in total. The molecule has 4 nitrogen and oxygen atoms in total. The topological polar surface area (TPSA) is 55.8 Å². The van der Waals surface area contributed by atoms with Crippen LogP contribution in [0, 0.1) is 17.3 Å². The van der Waals surface area contributed by atoms with Crippen LogP contribution >= 0.6 is 11.8 Å². The van der Waals surface area contributed by atoms with Crippen molar-refractivity contribution in [1.29, 1.82) is 0 Å². The number of carbonyl (C=O) groups excluding carboxylic acids is 1. The Balaban J connectivity index is 1.93. The SMILES string of the molecule is C=C1C(=CC=C2CCC[C@@]3(C)[C@H]2C[C@H](O)[C@@H]3CSC(C)=O)C[C@@H](O[Si](C)(C)C(C)(C)C)C[C@@H]1O[Si](C)(C)C(C)(C)C. The maximum absolute atomic E-state index is 11.7. The third kappa shape index (κ3) is 7.80. The Morgan fingerprint density at radius 1 is 1.05 bits per heavy atom. The van der Waals surface area contributed by atoms with Gasteiger partial charge in [-0.1, -0.05) is 84.5 Å². The van der Waals surface area contributed by atoms with Gasteiger partial charge in [-0.2, -0.15) is 0 Å². The first kappa shape index (κ1) is 35.0. The predicted octanol–water partition coefficient (Wildman–Crippen LogP) is 9.44. The zero-order valence-corrected chi connectivity index (χ0v) is 31.1. The minimum absolute atomic E-state index is 0.0260. The van der Waals surface area contributed by atoms with Gasteiger partial charge in [0.25, 0.3) is 0 Å². The van der Waals surface area contributed by atoms with Crippen LogP contribution in [0.2, 0.25) is 36.3 Å². The van der Waals surface area contributed by atoms with Gasteiger partial charge in [-0.25, -0.2) is 0 Å². The van der Waals surface area contributed by atoms with E-state index < -0.39 is 16.6 Å². The van der Waals surface area contributed by atoms with Gasteiger partial charge in [0, 0.05) is 25.0 Å². The number of allylic oxidation sites excluding steroid dienone is 3. The fraction of sp³-hybridized carbons (Fsp3) is 0.794. The van der Waals surface area contributed by atoms with Crippen molar-refractivity contribution in [3.63, 3.8) is 0 Å². The van der Waals surface area contributed by atoms with Crippen LogP contribution < -0.4 is 0 Å². The van der Waals surface area contributed by atoms with Crippen LogP contribution in [0.25, 0.3) is 0 Å². The van der Waals surface area contributed by atoms with Gasteiger partial charge in [-0.05, 0) is 90.8 Å². The fourth-order valence-corrected chi connectivity index (χ4v) is 10.3. The van der Waals surface area contributed by atoms with Gasteiger partial charge in [0.1, 0.15) is 0 Å². The third-order valence-electron chi connectivity index (χ3n) is 11.4. The number of hydrogen-bond acceptors (Lipinski definition) is 5. The largest absolute Gasteiger partial charge is 0.413 e. The Bertz CT molecular complexity index is 1050. The van der Waals surface area contributed by atoms with Crippen LogP contribution in [0.5, 0.6) is 0 Å². The highest BCUT2D eigenvalue weighted by Crippen LogP contribution is 2.58. The standard InChI is InChI=1S/C34H60O4SSi2/c1-23-26(17-16-25-15-14-18-34(9)28(25)21-30(36)29(34)22-39-24(2)35)19-27(37-40(10,11)32(3,4)5)20-31(23)38-41(12,13)33(6,7)8/h16-17,27-31,36H,1,14-15,18-22H2,2-13H3/t27-,28+,29+,30+,31+,34+/m1/s1. The van der Waals surface area contributed by atoms with Crippen molar-refractivity contribution in [2.75, 3.05) is 5.75 Å². The summed E-state index contributed by atoms with van der Waals surface area (Å²) in [5.41, 5.74) is 3.85. The number of aliphatic hydroxyl groups excluding tert-OH is 1. The van der Waals surface area contributed by atoms with E-state index in [1.807, 2.05) is 0 Å². The molecule has 234 valence electrons. The highest BCUT2D eigenvalue weighted by atomic mass is 32.2. The summed E-state index contributed by atoms with van der Waals surface area (Å²) in [4.78, 5) is 11.7. The number of fused-ring (bicyclic) bond motifs is 1. The zero-order valence-electron chi connectivity index (χ0n) is 28.3. The van der Waals surface area contributed by atoms with E-state index in [9.17, 15) is 9.90 Å². The lowest BCUT2D eigenvalue weighted by Crippen LogP contribution is -2.49. The molecule has 7 heteroatoms. The van der Waals surface area contributed by atoms with Gasteiger partial charge in [0.2, 0.25) is 0 Å². The lowest BCUT2D eigenvalue weighted by molar-refractivity contribution is -0.109. The van der Waals surface area contributed by atoms with Gasteiger partial charge in [0.05, 0.1) is 18.3 Å². The molecule has 0 aliphatic heterocycles. The van der Waals surface area contributed by atoms with E-state index in [-0.39, 0.29) is 44.8 Å². The quantitative estimate of drug-likeness (QED) is 0.287. The molecule has 41 heavy (non-hydrogen) atoms. The van der Waals surface area contributed by atoms with Crippen LogP contribution in [0.1, 0.15) is 93.9 Å². The molecule has 3 fully saturated rings. The summed E-state index contributed by atoms with van der Waals surface area (Å²) in [7, 11) is -3.96. The molecule has 0 amide bonds. The van der Waals surface area contributed by atoms with Gasteiger partial charge >= 0.3 is 0 Å². The number of rotatable bonds is 7. The first-order valence-corrected chi connectivity index (χ1v) is 22.6. The van der Waals surface area contributed by atoms with Crippen molar-refractivity contribution in [2.24, 2.45) is 17.3 Å². The highest BCUT2D eigenvalue weighted by Gasteiger charge is 2.53. The zero-order chi connectivity index (χ0) is 31.2. The predicted molar refractivity (Wildman–Crippen MR) is 181 cm³/mol. The van der Waals surface area contributed by atoms with E-state index in [2.05, 4.69) is 93.4 Å². The lowest BCUT2D eigenvalue weighted by Gasteiger charge is -2.45. The summed E-state index contributed by atoms with van der Waals surface area (Å²) in [6, 6.07) is 0. The number of thioether (sulfide) groups is 1. The first-order valence-electron chi connectivity index (χ1n) is 15.8. The maximum Gasteiger partial charge on any atom is 0.192 e. The second kappa shape index (κ2) is 12.5. The van der Waals surface area contributed by atoms with E-state index in [1.165, 1.54) is 22.9 Å². The Kier molecular flexibility index (Phi) is 10.7. The van der Waals surface area contributed by atoms with Crippen molar-refractivity contribution in [3.05, 3.63) is 35.5 Å². The van der Waals surface area contributed by atoms with Crippen molar-refractivity contribution < 1.29 is 18.8 Å². The molecule has 0 aromatic heterocycles. The van der Waals surface area contributed by atoms with E-state index in [0.717, 1.165) is 44.1 Å². The van der Waals surface area contributed by atoms with Gasteiger partial charge < -0.3 is 14.0 Å². The van der Waals surface area contributed by atoms with E-state index >= 15 is 0 Å². The van der Waals surface area contributed by atoms with Gasteiger partial charge in [-0.3, -0.25) is 4.79 Å². The van der Waals surface area contributed by atoms with Crippen LogP contribution in [0.4, 0.5) is 0 Å². The molecular formula is C34H60O4SSi2. The van der Waals surface area contributed by atoms with Crippen LogP contribution in [-0.4, -0.2) is 50.9 Å².